The van der Waals surface area contributed by atoms with Crippen molar-refractivity contribution >= 4 is 5.91 Å². The molecule has 1 aliphatic carbocycles. The first-order chi connectivity index (χ1) is 5.74. The van der Waals surface area contributed by atoms with E-state index in [0.717, 1.165) is 19.3 Å². The number of nitrogens with two attached hydrogens (primary N) is 1. The number of hydrogen-bond acceptors (Lipinski definition) is 2. The van der Waals surface area contributed by atoms with Crippen LogP contribution in [0.2, 0.25) is 0 Å². The van der Waals surface area contributed by atoms with Gasteiger partial charge in [0, 0.05) is 12.1 Å². The molecule has 0 aromatic carbocycles. The average Bonchev–Trinajstić information content (AvgIpc) is 2.37. The standard InChI is InChI=1S/C9H14N2O/c1-2-4-9(12)11-8-6-3-5-7(8)10/h1,7-8H,3-6,10H2,(H,11,12). The van der Waals surface area contributed by atoms with E-state index in [-0.39, 0.29) is 24.4 Å². The van der Waals surface area contributed by atoms with Crippen LogP contribution in [-0.4, -0.2) is 18.0 Å². The summed E-state index contributed by atoms with van der Waals surface area (Å²) >= 11 is 0. The summed E-state index contributed by atoms with van der Waals surface area (Å²) in [5, 5.41) is 2.82. The van der Waals surface area contributed by atoms with Crippen LogP contribution in [0.25, 0.3) is 0 Å². The van der Waals surface area contributed by atoms with Crippen LogP contribution in [0, 0.1) is 12.3 Å². The van der Waals surface area contributed by atoms with Gasteiger partial charge < -0.3 is 11.1 Å². The van der Waals surface area contributed by atoms with Crippen molar-refractivity contribution in [2.75, 3.05) is 0 Å². The van der Waals surface area contributed by atoms with Crippen LogP contribution in [-0.2, 0) is 4.79 Å². The third kappa shape index (κ3) is 2.24. The van der Waals surface area contributed by atoms with E-state index in [9.17, 15) is 4.79 Å². The lowest BCUT2D eigenvalue weighted by Crippen LogP contribution is -2.43. The van der Waals surface area contributed by atoms with Gasteiger partial charge in [-0.3, -0.25) is 4.79 Å². The maximum Gasteiger partial charge on any atom is 0.232 e. The Morgan fingerprint density at radius 2 is 2.42 bits per heavy atom. The van der Waals surface area contributed by atoms with Gasteiger partial charge in [-0.25, -0.2) is 0 Å². The fourth-order valence-corrected chi connectivity index (χ4v) is 1.52. The van der Waals surface area contributed by atoms with Crippen molar-refractivity contribution in [1.82, 2.24) is 5.32 Å². The molecule has 2 unspecified atom stereocenters. The van der Waals surface area contributed by atoms with Gasteiger partial charge in [0.25, 0.3) is 0 Å². The Kier molecular flexibility index (Phi) is 3.12. The molecule has 3 heteroatoms. The van der Waals surface area contributed by atoms with Gasteiger partial charge in [0.2, 0.25) is 5.91 Å². The van der Waals surface area contributed by atoms with Crippen LogP contribution in [0.5, 0.6) is 0 Å². The van der Waals surface area contributed by atoms with Gasteiger partial charge in [0.15, 0.2) is 0 Å². The van der Waals surface area contributed by atoms with Crippen LogP contribution >= 0.6 is 0 Å². The van der Waals surface area contributed by atoms with Gasteiger partial charge in [-0.1, -0.05) is 5.92 Å². The second kappa shape index (κ2) is 4.13. The Labute approximate surface area is 72.7 Å². The number of hydrogen-bond donors (Lipinski definition) is 2. The molecule has 0 spiro atoms. The molecular formula is C9H14N2O. The first kappa shape index (κ1) is 9.08. The SMILES string of the molecule is C#CCC(=O)NC1CCCC1N. The number of amides is 1. The molecule has 1 fully saturated rings. The first-order valence-corrected chi connectivity index (χ1v) is 4.22. The largest absolute Gasteiger partial charge is 0.351 e. The molecule has 0 aromatic rings. The van der Waals surface area contributed by atoms with Gasteiger partial charge in [0.05, 0.1) is 6.42 Å². The third-order valence-corrected chi connectivity index (χ3v) is 2.18. The van der Waals surface area contributed by atoms with Gasteiger partial charge >= 0.3 is 0 Å². The van der Waals surface area contributed by atoms with Crippen molar-refractivity contribution in [3.8, 4) is 12.3 Å². The number of rotatable bonds is 2. The van der Waals surface area contributed by atoms with Gasteiger partial charge in [-0.05, 0) is 19.3 Å². The van der Waals surface area contributed by atoms with Crippen LogP contribution in [0.4, 0.5) is 0 Å². The molecule has 3 nitrogen and oxygen atoms in total. The number of carbonyl (C=O) groups is 1. The maximum absolute atomic E-state index is 11.0. The van der Waals surface area contributed by atoms with Gasteiger partial charge in [0.1, 0.15) is 0 Å². The number of terminal acetylenes is 1. The molecule has 1 rings (SSSR count). The molecule has 0 heterocycles. The molecule has 1 saturated carbocycles. The van der Waals surface area contributed by atoms with Crippen molar-refractivity contribution in [1.29, 1.82) is 0 Å². The minimum atomic E-state index is -0.0835. The van der Waals surface area contributed by atoms with E-state index in [1.165, 1.54) is 0 Å². The lowest BCUT2D eigenvalue weighted by Gasteiger charge is -2.16. The highest BCUT2D eigenvalue weighted by Gasteiger charge is 2.24. The van der Waals surface area contributed by atoms with Crippen LogP contribution < -0.4 is 11.1 Å². The lowest BCUT2D eigenvalue weighted by atomic mass is 10.2. The molecule has 0 radical (unpaired) electrons. The molecule has 2 atom stereocenters. The predicted molar refractivity (Wildman–Crippen MR) is 47.2 cm³/mol. The summed E-state index contributed by atoms with van der Waals surface area (Å²) in [5.74, 6) is 2.22. The fraction of sp³-hybridized carbons (Fsp3) is 0.667. The minimum absolute atomic E-state index is 0.0835. The summed E-state index contributed by atoms with van der Waals surface area (Å²) in [6, 6.07) is 0.262. The minimum Gasteiger partial charge on any atom is -0.351 e. The van der Waals surface area contributed by atoms with E-state index >= 15 is 0 Å². The summed E-state index contributed by atoms with van der Waals surface area (Å²) in [6.07, 6.45) is 8.24. The molecule has 0 aromatic heterocycles. The summed E-state index contributed by atoms with van der Waals surface area (Å²) < 4.78 is 0. The van der Waals surface area contributed by atoms with E-state index in [1.54, 1.807) is 0 Å². The Morgan fingerprint density at radius 1 is 1.67 bits per heavy atom. The van der Waals surface area contributed by atoms with E-state index < -0.39 is 0 Å². The molecule has 12 heavy (non-hydrogen) atoms. The molecule has 1 aliphatic rings. The summed E-state index contributed by atoms with van der Waals surface area (Å²) in [7, 11) is 0. The lowest BCUT2D eigenvalue weighted by molar-refractivity contribution is -0.120. The van der Waals surface area contributed by atoms with Crippen molar-refractivity contribution in [2.24, 2.45) is 5.73 Å². The second-order valence-electron chi connectivity index (χ2n) is 3.15. The smallest absolute Gasteiger partial charge is 0.232 e. The zero-order valence-electron chi connectivity index (χ0n) is 7.05. The average molecular weight is 166 g/mol. The quantitative estimate of drug-likeness (QED) is 0.568. The van der Waals surface area contributed by atoms with Crippen LogP contribution in [0.15, 0.2) is 0 Å². The Morgan fingerprint density at radius 3 is 2.92 bits per heavy atom. The topological polar surface area (TPSA) is 55.1 Å². The highest BCUT2D eigenvalue weighted by atomic mass is 16.1. The van der Waals surface area contributed by atoms with Gasteiger partial charge in [-0.15, -0.1) is 6.42 Å². The van der Waals surface area contributed by atoms with Crippen LogP contribution in [0.3, 0.4) is 0 Å². The Balaban J connectivity index is 2.31. The monoisotopic (exact) mass is 166 g/mol. The Hall–Kier alpha value is -1.01. The van der Waals surface area contributed by atoms with E-state index in [4.69, 9.17) is 12.2 Å². The zero-order valence-corrected chi connectivity index (χ0v) is 7.05. The van der Waals surface area contributed by atoms with Crippen LogP contribution in [0.1, 0.15) is 25.7 Å². The second-order valence-corrected chi connectivity index (χ2v) is 3.15. The summed E-state index contributed by atoms with van der Waals surface area (Å²) in [5.41, 5.74) is 5.76. The van der Waals surface area contributed by atoms with Crippen molar-refractivity contribution in [2.45, 2.75) is 37.8 Å². The third-order valence-electron chi connectivity index (χ3n) is 2.18. The number of carbonyl (C=O) groups excluding carboxylic acids is 1. The molecule has 1 amide bonds. The van der Waals surface area contributed by atoms with Gasteiger partial charge in [-0.2, -0.15) is 0 Å². The molecule has 0 bridgehead atoms. The summed E-state index contributed by atoms with van der Waals surface area (Å²) in [6.45, 7) is 0. The highest BCUT2D eigenvalue weighted by Crippen LogP contribution is 2.16. The molecule has 3 N–H and O–H groups in total. The normalized spacial score (nSPS) is 28.0. The van der Waals surface area contributed by atoms with Crippen molar-refractivity contribution in [3.05, 3.63) is 0 Å². The summed E-state index contributed by atoms with van der Waals surface area (Å²) in [4.78, 5) is 11.0. The predicted octanol–water partition coefficient (Wildman–Crippen LogP) is 0.00570. The Bertz CT molecular complexity index is 207. The number of nitrogens with one attached hydrogen (secondary N) is 1. The van der Waals surface area contributed by atoms with E-state index in [1.807, 2.05) is 0 Å². The highest BCUT2D eigenvalue weighted by molar-refractivity contribution is 5.78. The molecule has 0 aliphatic heterocycles. The molecular weight excluding hydrogens is 152 g/mol. The molecule has 66 valence electrons. The zero-order chi connectivity index (χ0) is 8.97. The van der Waals surface area contributed by atoms with Crippen molar-refractivity contribution < 1.29 is 4.79 Å². The van der Waals surface area contributed by atoms with Crippen molar-refractivity contribution in [3.63, 3.8) is 0 Å². The van der Waals surface area contributed by atoms with E-state index in [2.05, 4.69) is 11.2 Å². The fourth-order valence-electron chi connectivity index (χ4n) is 1.52. The first-order valence-electron chi connectivity index (χ1n) is 4.22. The maximum atomic E-state index is 11.0. The molecule has 0 saturated heterocycles. The van der Waals surface area contributed by atoms with E-state index in [0.29, 0.717) is 0 Å².